The summed E-state index contributed by atoms with van der Waals surface area (Å²) in [6.07, 6.45) is 0. The third-order valence-electron chi connectivity index (χ3n) is 3.33. The van der Waals surface area contributed by atoms with Crippen molar-refractivity contribution in [1.29, 1.82) is 0 Å². The quantitative estimate of drug-likeness (QED) is 0.845. The molecule has 1 N–H and O–H groups in total. The summed E-state index contributed by atoms with van der Waals surface area (Å²) in [7, 11) is 4.84. The Hall–Kier alpha value is -1.91. The fraction of sp³-hybridized carbons (Fsp3) is 0.294. The number of nitrogens with one attached hydrogen (secondary N) is 1. The molecule has 2 rings (SSSR count). The van der Waals surface area contributed by atoms with Crippen molar-refractivity contribution in [2.45, 2.75) is 13.1 Å². The highest BCUT2D eigenvalue weighted by atomic mass is 35.5. The summed E-state index contributed by atoms with van der Waals surface area (Å²) in [5.41, 5.74) is 2.13. The fourth-order valence-corrected chi connectivity index (χ4v) is 2.57. The Morgan fingerprint density at radius 3 is 2.32 bits per heavy atom. The first kappa shape index (κ1) is 16.5. The molecule has 0 saturated carbocycles. The molecule has 0 amide bonds. The molecule has 0 fully saturated rings. The van der Waals surface area contributed by atoms with Crippen molar-refractivity contribution in [1.82, 2.24) is 5.32 Å². The molecule has 0 bridgehead atoms. The highest BCUT2D eigenvalue weighted by Gasteiger charge is 2.10. The monoisotopic (exact) mass is 321 g/mol. The van der Waals surface area contributed by atoms with Gasteiger partial charge in [0.1, 0.15) is 5.75 Å². The smallest absolute Gasteiger partial charge is 0.179 e. The second-order valence-corrected chi connectivity index (χ2v) is 5.14. The van der Waals surface area contributed by atoms with Crippen molar-refractivity contribution in [2.75, 3.05) is 21.3 Å². The molecule has 0 aromatic heterocycles. The summed E-state index contributed by atoms with van der Waals surface area (Å²) in [5, 5.41) is 3.91. The van der Waals surface area contributed by atoms with Gasteiger partial charge in [-0.15, -0.1) is 0 Å². The van der Waals surface area contributed by atoms with Gasteiger partial charge < -0.3 is 19.5 Å². The lowest BCUT2D eigenvalue weighted by Gasteiger charge is -2.13. The van der Waals surface area contributed by atoms with Gasteiger partial charge in [0.25, 0.3) is 0 Å². The molecule has 0 aliphatic heterocycles. The van der Waals surface area contributed by atoms with Crippen LogP contribution in [0.3, 0.4) is 0 Å². The molecule has 118 valence electrons. The molecule has 5 heteroatoms. The Balaban J connectivity index is 2.04. The van der Waals surface area contributed by atoms with E-state index in [4.69, 9.17) is 25.8 Å². The van der Waals surface area contributed by atoms with Gasteiger partial charge in [0, 0.05) is 18.7 Å². The summed E-state index contributed by atoms with van der Waals surface area (Å²) in [4.78, 5) is 0. The van der Waals surface area contributed by atoms with E-state index in [2.05, 4.69) is 5.32 Å². The van der Waals surface area contributed by atoms with E-state index < -0.39 is 0 Å². The Morgan fingerprint density at radius 1 is 0.909 bits per heavy atom. The van der Waals surface area contributed by atoms with E-state index in [9.17, 15) is 0 Å². The number of rotatable bonds is 7. The summed E-state index contributed by atoms with van der Waals surface area (Å²) in [6.45, 7) is 1.37. The van der Waals surface area contributed by atoms with Gasteiger partial charge in [-0.25, -0.2) is 0 Å². The second kappa shape index (κ2) is 7.92. The lowest BCUT2D eigenvalue weighted by Crippen LogP contribution is -2.13. The van der Waals surface area contributed by atoms with E-state index in [1.807, 2.05) is 36.4 Å². The van der Waals surface area contributed by atoms with Crippen LogP contribution in [0, 0.1) is 0 Å². The molecule has 0 atom stereocenters. The van der Waals surface area contributed by atoms with Crippen LogP contribution in [0.25, 0.3) is 0 Å². The van der Waals surface area contributed by atoms with Gasteiger partial charge in [-0.1, -0.05) is 29.8 Å². The van der Waals surface area contributed by atoms with Crippen LogP contribution >= 0.6 is 11.6 Å². The molecule has 0 heterocycles. The van der Waals surface area contributed by atoms with Crippen LogP contribution in [0.4, 0.5) is 0 Å². The highest BCUT2D eigenvalue weighted by Crippen LogP contribution is 2.35. The molecule has 0 radical (unpaired) electrons. The number of methoxy groups -OCH3 is 3. The van der Waals surface area contributed by atoms with E-state index in [1.54, 1.807) is 21.3 Å². The van der Waals surface area contributed by atoms with Crippen LogP contribution < -0.4 is 19.5 Å². The molecule has 0 aliphatic rings. The zero-order valence-corrected chi connectivity index (χ0v) is 13.7. The molecule has 2 aromatic rings. The lowest BCUT2D eigenvalue weighted by molar-refractivity contribution is 0.354. The Labute approximate surface area is 136 Å². The van der Waals surface area contributed by atoms with Crippen LogP contribution in [-0.2, 0) is 13.1 Å². The van der Waals surface area contributed by atoms with E-state index in [1.165, 1.54) is 0 Å². The predicted molar refractivity (Wildman–Crippen MR) is 88.1 cm³/mol. The molecule has 0 unspecified atom stereocenters. The van der Waals surface area contributed by atoms with E-state index >= 15 is 0 Å². The largest absolute Gasteiger partial charge is 0.496 e. The molecule has 2 aromatic carbocycles. The fourth-order valence-electron chi connectivity index (χ4n) is 2.26. The van der Waals surface area contributed by atoms with E-state index in [0.29, 0.717) is 29.6 Å². The number of hydrogen-bond donors (Lipinski definition) is 1. The number of halogens is 1. The minimum atomic E-state index is 0.538. The van der Waals surface area contributed by atoms with Crippen molar-refractivity contribution in [2.24, 2.45) is 0 Å². The van der Waals surface area contributed by atoms with Gasteiger partial charge in [0.05, 0.1) is 26.4 Å². The lowest BCUT2D eigenvalue weighted by atomic mass is 10.1. The van der Waals surface area contributed by atoms with Gasteiger partial charge >= 0.3 is 0 Å². The normalized spacial score (nSPS) is 10.4. The van der Waals surface area contributed by atoms with Gasteiger partial charge in [0.15, 0.2) is 11.5 Å². The minimum Gasteiger partial charge on any atom is -0.496 e. The predicted octanol–water partition coefficient (Wildman–Crippen LogP) is 3.66. The Morgan fingerprint density at radius 2 is 1.64 bits per heavy atom. The average molecular weight is 322 g/mol. The summed E-state index contributed by atoms with van der Waals surface area (Å²) < 4.78 is 15.9. The Bertz CT molecular complexity index is 631. The van der Waals surface area contributed by atoms with Crippen molar-refractivity contribution in [3.63, 3.8) is 0 Å². The first-order chi connectivity index (χ1) is 10.7. The number of ether oxygens (including phenoxy) is 3. The SMILES string of the molecule is COc1ccccc1CNCc1cc(Cl)c(OC)c(OC)c1. The molecule has 0 saturated heterocycles. The van der Waals surface area contributed by atoms with Gasteiger partial charge in [0.2, 0.25) is 0 Å². The van der Waals surface area contributed by atoms with E-state index in [-0.39, 0.29) is 0 Å². The van der Waals surface area contributed by atoms with Crippen molar-refractivity contribution >= 4 is 11.6 Å². The summed E-state index contributed by atoms with van der Waals surface area (Å²) in [6, 6.07) is 11.7. The third kappa shape index (κ3) is 3.84. The molecule has 0 spiro atoms. The van der Waals surface area contributed by atoms with Crippen LogP contribution in [-0.4, -0.2) is 21.3 Å². The number of para-hydroxylation sites is 1. The Kier molecular flexibility index (Phi) is 5.92. The first-order valence-electron chi connectivity index (χ1n) is 6.92. The highest BCUT2D eigenvalue weighted by molar-refractivity contribution is 6.32. The van der Waals surface area contributed by atoms with Crippen molar-refractivity contribution in [3.05, 3.63) is 52.5 Å². The molecular weight excluding hydrogens is 302 g/mol. The minimum absolute atomic E-state index is 0.538. The number of benzene rings is 2. The van der Waals surface area contributed by atoms with Crippen molar-refractivity contribution in [3.8, 4) is 17.2 Å². The van der Waals surface area contributed by atoms with Crippen LogP contribution in [0.15, 0.2) is 36.4 Å². The maximum atomic E-state index is 6.20. The van der Waals surface area contributed by atoms with E-state index in [0.717, 1.165) is 16.9 Å². The summed E-state index contributed by atoms with van der Waals surface area (Å²) in [5.74, 6) is 2.06. The zero-order chi connectivity index (χ0) is 15.9. The zero-order valence-electron chi connectivity index (χ0n) is 13.0. The maximum absolute atomic E-state index is 6.20. The van der Waals surface area contributed by atoms with Gasteiger partial charge in [-0.2, -0.15) is 0 Å². The van der Waals surface area contributed by atoms with Crippen LogP contribution in [0.2, 0.25) is 5.02 Å². The molecule has 4 nitrogen and oxygen atoms in total. The topological polar surface area (TPSA) is 39.7 Å². The molecule has 0 aliphatic carbocycles. The van der Waals surface area contributed by atoms with Gasteiger partial charge in [-0.3, -0.25) is 0 Å². The third-order valence-corrected chi connectivity index (χ3v) is 3.61. The average Bonchev–Trinajstić information content (AvgIpc) is 2.54. The van der Waals surface area contributed by atoms with Crippen LogP contribution in [0.5, 0.6) is 17.2 Å². The second-order valence-electron chi connectivity index (χ2n) is 4.73. The maximum Gasteiger partial charge on any atom is 0.179 e. The van der Waals surface area contributed by atoms with Crippen LogP contribution in [0.1, 0.15) is 11.1 Å². The molecule has 22 heavy (non-hydrogen) atoms. The summed E-state index contributed by atoms with van der Waals surface area (Å²) >= 11 is 6.20. The van der Waals surface area contributed by atoms with Gasteiger partial charge in [-0.05, 0) is 23.8 Å². The van der Waals surface area contributed by atoms with Crippen molar-refractivity contribution < 1.29 is 14.2 Å². The molecular formula is C17H20ClNO3. The standard InChI is InChI=1S/C17H20ClNO3/c1-20-15-7-5-4-6-13(15)11-19-10-12-8-14(18)17(22-3)16(9-12)21-2/h4-9,19H,10-11H2,1-3H3. The number of hydrogen-bond acceptors (Lipinski definition) is 4. The first-order valence-corrected chi connectivity index (χ1v) is 7.30.